The Morgan fingerprint density at radius 3 is 2.45 bits per heavy atom. The van der Waals surface area contributed by atoms with Gasteiger partial charge in [0.15, 0.2) is 0 Å². The van der Waals surface area contributed by atoms with Gasteiger partial charge >= 0.3 is 5.97 Å². The normalized spacial score (nSPS) is 34.7. The maximum absolute atomic E-state index is 11.3. The predicted octanol–water partition coefficient (Wildman–Crippen LogP) is -3.22. The lowest BCUT2D eigenvalue weighted by molar-refractivity contribution is -0.303. The summed E-state index contributed by atoms with van der Waals surface area (Å²) in [6.07, 6.45) is -6.84. The number of aliphatic hydroxyl groups excluding tert-OH is 4. The van der Waals surface area contributed by atoms with Gasteiger partial charge in [-0.1, -0.05) is 0 Å². The monoisotopic (exact) mass is 323 g/mol. The summed E-state index contributed by atoms with van der Waals surface area (Å²) in [4.78, 5) is 22.6. The minimum absolute atomic E-state index is 0.498. The number of nitrogens with one attached hydrogen (secondary N) is 1. The molecule has 0 spiro atoms. The molecule has 1 saturated heterocycles. The van der Waals surface area contributed by atoms with Gasteiger partial charge in [-0.2, -0.15) is 0 Å². The summed E-state index contributed by atoms with van der Waals surface area (Å²) in [5, 5.41) is 50.1. The molecule has 1 rings (SSSR count). The van der Waals surface area contributed by atoms with Gasteiger partial charge in [0.2, 0.25) is 5.91 Å². The second-order valence-electron chi connectivity index (χ2n) is 5.08. The van der Waals surface area contributed by atoms with Gasteiger partial charge in [-0.05, 0) is 0 Å². The van der Waals surface area contributed by atoms with Crippen molar-refractivity contribution in [3.05, 3.63) is 0 Å². The number of carboxylic acids is 1. The first-order valence-corrected chi connectivity index (χ1v) is 6.57. The molecule has 0 aromatic carbocycles. The first kappa shape index (κ1) is 18.7. The molecule has 6 atom stereocenters. The highest BCUT2D eigenvalue weighted by atomic mass is 16.7. The quantitative estimate of drug-likeness (QED) is 0.295. The molecule has 128 valence electrons. The molecule has 1 aliphatic rings. The van der Waals surface area contributed by atoms with Crippen molar-refractivity contribution in [3.63, 3.8) is 0 Å². The van der Waals surface area contributed by atoms with E-state index in [-0.39, 0.29) is 0 Å². The molecule has 4 unspecified atom stereocenters. The van der Waals surface area contributed by atoms with Crippen LogP contribution in [-0.2, 0) is 19.1 Å². The molecule has 0 bridgehead atoms. The fourth-order valence-corrected chi connectivity index (χ4v) is 2.34. The van der Waals surface area contributed by atoms with Crippen molar-refractivity contribution < 1.29 is 44.6 Å². The van der Waals surface area contributed by atoms with Crippen molar-refractivity contribution in [1.29, 1.82) is 0 Å². The number of ether oxygens (including phenoxy) is 2. The first-order chi connectivity index (χ1) is 10.2. The maximum atomic E-state index is 11.3. The van der Waals surface area contributed by atoms with E-state index < -0.39 is 61.1 Å². The smallest absolute Gasteiger partial charge is 0.364 e. The third kappa shape index (κ3) is 3.72. The zero-order valence-corrected chi connectivity index (χ0v) is 12.2. The minimum Gasteiger partial charge on any atom is -0.477 e. The van der Waals surface area contributed by atoms with Crippen molar-refractivity contribution in [2.75, 3.05) is 13.7 Å². The van der Waals surface area contributed by atoms with Gasteiger partial charge < -0.3 is 40.3 Å². The second-order valence-corrected chi connectivity index (χ2v) is 5.08. The Morgan fingerprint density at radius 1 is 1.45 bits per heavy atom. The third-order valence-corrected chi connectivity index (χ3v) is 3.52. The fourth-order valence-electron chi connectivity index (χ4n) is 2.34. The number of rotatable bonds is 6. The van der Waals surface area contributed by atoms with E-state index in [2.05, 4.69) is 5.32 Å². The van der Waals surface area contributed by atoms with Gasteiger partial charge in [0.05, 0.1) is 18.8 Å². The van der Waals surface area contributed by atoms with Crippen molar-refractivity contribution in [2.24, 2.45) is 0 Å². The second kappa shape index (κ2) is 7.31. The zero-order valence-electron chi connectivity index (χ0n) is 12.2. The van der Waals surface area contributed by atoms with Gasteiger partial charge in [-0.15, -0.1) is 0 Å². The lowest BCUT2D eigenvalue weighted by Crippen LogP contribution is -2.67. The van der Waals surface area contributed by atoms with Crippen LogP contribution >= 0.6 is 0 Å². The first-order valence-electron chi connectivity index (χ1n) is 6.57. The minimum atomic E-state index is -2.24. The number of carbonyl (C=O) groups is 2. The lowest BCUT2D eigenvalue weighted by atomic mass is 9.88. The summed E-state index contributed by atoms with van der Waals surface area (Å²) in [6, 6.07) is -1.18. The van der Waals surface area contributed by atoms with Crippen LogP contribution < -0.4 is 5.32 Å². The summed E-state index contributed by atoms with van der Waals surface area (Å²) in [5.41, 5.74) is 0. The molecule has 1 fully saturated rings. The van der Waals surface area contributed by atoms with E-state index in [9.17, 15) is 30.0 Å². The van der Waals surface area contributed by atoms with Crippen LogP contribution in [0.15, 0.2) is 0 Å². The highest BCUT2D eigenvalue weighted by molar-refractivity contribution is 5.76. The van der Waals surface area contributed by atoms with Crippen molar-refractivity contribution >= 4 is 11.9 Å². The highest BCUT2D eigenvalue weighted by Crippen LogP contribution is 2.32. The molecule has 10 heteroatoms. The molecule has 0 radical (unpaired) electrons. The van der Waals surface area contributed by atoms with Gasteiger partial charge in [-0.25, -0.2) is 4.79 Å². The van der Waals surface area contributed by atoms with E-state index in [1.165, 1.54) is 0 Å². The molecule has 22 heavy (non-hydrogen) atoms. The average Bonchev–Trinajstić information content (AvgIpc) is 2.46. The lowest BCUT2D eigenvalue weighted by Gasteiger charge is -2.46. The number of aliphatic hydroxyl groups is 4. The SMILES string of the molecule is COC1(C(=O)O)CC(O)C(NC(C)=O)C([C@@H](O)[C@@H](O)CO)O1. The van der Waals surface area contributed by atoms with Gasteiger partial charge in [-0.3, -0.25) is 4.79 Å². The van der Waals surface area contributed by atoms with Crippen LogP contribution in [0.1, 0.15) is 13.3 Å². The van der Waals surface area contributed by atoms with Crippen molar-refractivity contribution in [1.82, 2.24) is 5.32 Å². The van der Waals surface area contributed by atoms with Crippen LogP contribution in [-0.4, -0.2) is 87.4 Å². The number of carboxylic acid groups (broad SMARTS) is 1. The Labute approximate surface area is 126 Å². The summed E-state index contributed by atoms with van der Waals surface area (Å²) in [5.74, 6) is -4.33. The molecule has 1 heterocycles. The molecule has 0 aromatic heterocycles. The molecule has 6 N–H and O–H groups in total. The molecule has 0 aliphatic carbocycles. The zero-order chi connectivity index (χ0) is 17.1. The maximum Gasteiger partial charge on any atom is 0.364 e. The Morgan fingerprint density at radius 2 is 2.05 bits per heavy atom. The molecular formula is C12H21NO9. The summed E-state index contributed by atoms with van der Waals surface area (Å²) in [6.45, 7) is 0.338. The summed E-state index contributed by atoms with van der Waals surface area (Å²) in [7, 11) is 1.05. The number of aliphatic carboxylic acids is 1. The number of methoxy groups -OCH3 is 1. The van der Waals surface area contributed by atoms with Crippen molar-refractivity contribution in [3.8, 4) is 0 Å². The summed E-state index contributed by atoms with van der Waals surface area (Å²) < 4.78 is 10.0. The molecule has 0 aromatic rings. The Bertz CT molecular complexity index is 417. The van der Waals surface area contributed by atoms with Gasteiger partial charge in [0.25, 0.3) is 5.79 Å². The number of carbonyl (C=O) groups excluding carboxylic acids is 1. The van der Waals surface area contributed by atoms with E-state index in [0.717, 1.165) is 14.0 Å². The molecule has 1 amide bonds. The number of hydrogen-bond acceptors (Lipinski definition) is 8. The van der Waals surface area contributed by atoms with Crippen LogP contribution in [0, 0.1) is 0 Å². The number of hydrogen-bond donors (Lipinski definition) is 6. The van der Waals surface area contributed by atoms with E-state index in [0.29, 0.717) is 0 Å². The molecule has 10 nitrogen and oxygen atoms in total. The summed E-state index contributed by atoms with van der Waals surface area (Å²) >= 11 is 0. The molecule has 1 aliphatic heterocycles. The van der Waals surface area contributed by atoms with Crippen LogP contribution in [0.2, 0.25) is 0 Å². The van der Waals surface area contributed by atoms with Gasteiger partial charge in [0, 0.05) is 20.5 Å². The average molecular weight is 323 g/mol. The van der Waals surface area contributed by atoms with Crippen LogP contribution in [0.5, 0.6) is 0 Å². The van der Waals surface area contributed by atoms with Gasteiger partial charge in [0.1, 0.15) is 18.3 Å². The third-order valence-electron chi connectivity index (χ3n) is 3.52. The van der Waals surface area contributed by atoms with Crippen LogP contribution in [0.4, 0.5) is 0 Å². The Kier molecular flexibility index (Phi) is 6.23. The van der Waals surface area contributed by atoms with E-state index >= 15 is 0 Å². The largest absolute Gasteiger partial charge is 0.477 e. The van der Waals surface area contributed by atoms with E-state index in [1.807, 2.05) is 0 Å². The van der Waals surface area contributed by atoms with Crippen LogP contribution in [0.25, 0.3) is 0 Å². The highest BCUT2D eigenvalue weighted by Gasteiger charge is 2.55. The Hall–Kier alpha value is -1.30. The van der Waals surface area contributed by atoms with Crippen LogP contribution in [0.3, 0.4) is 0 Å². The van der Waals surface area contributed by atoms with Crippen molar-refractivity contribution in [2.45, 2.75) is 49.6 Å². The van der Waals surface area contributed by atoms with E-state index in [4.69, 9.17) is 14.6 Å². The topological polar surface area (TPSA) is 166 Å². The molecular weight excluding hydrogens is 302 g/mol. The Balaban J connectivity index is 3.14. The predicted molar refractivity (Wildman–Crippen MR) is 69.6 cm³/mol. The molecule has 0 saturated carbocycles. The number of amides is 1. The standard InChI is InChI=1S/C12H21NO9/c1-5(15)13-8-6(16)3-12(21-2,11(19)20)22-10(8)9(18)7(17)4-14/h6-10,14,16-18H,3-4H2,1-2H3,(H,13,15)(H,19,20)/t6?,7-,8?,9-,10?,12?/m0/s1. The fraction of sp³-hybridized carbons (Fsp3) is 0.833. The van der Waals surface area contributed by atoms with E-state index in [1.54, 1.807) is 0 Å².